The molecule has 0 radical (unpaired) electrons. The molecule has 1 aliphatic heterocycles. The molecule has 0 N–H and O–H groups in total. The van der Waals surface area contributed by atoms with Gasteiger partial charge in [0.05, 0.1) is 5.69 Å². The average molecular weight is 290 g/mol. The predicted octanol–water partition coefficient (Wildman–Crippen LogP) is 5.65. The highest BCUT2D eigenvalue weighted by molar-refractivity contribution is 6.70. The van der Waals surface area contributed by atoms with Gasteiger partial charge in [-0.05, 0) is 22.8 Å². The lowest BCUT2D eigenvalue weighted by molar-refractivity contribution is 1.47. The van der Waals surface area contributed by atoms with Crippen LogP contribution in [0, 0.1) is 0 Å². The number of benzene rings is 3. The first-order valence-electron chi connectivity index (χ1n) is 6.87. The molecule has 0 fully saturated rings. The minimum absolute atomic E-state index is 0.535. The summed E-state index contributed by atoms with van der Waals surface area (Å²) in [4.78, 5) is 4.62. The van der Waals surface area contributed by atoms with Crippen molar-refractivity contribution in [3.05, 3.63) is 78.4 Å². The third-order valence-electron chi connectivity index (χ3n) is 3.78. The van der Waals surface area contributed by atoms with E-state index in [1.807, 2.05) is 36.4 Å². The lowest BCUT2D eigenvalue weighted by Crippen LogP contribution is -1.99. The summed E-state index contributed by atoms with van der Waals surface area (Å²) in [5.74, 6) is 0. The van der Waals surface area contributed by atoms with Gasteiger partial charge in [0.2, 0.25) is 0 Å². The lowest BCUT2D eigenvalue weighted by atomic mass is 9.90. The number of halogens is 1. The second kappa shape index (κ2) is 4.87. The Hall–Kier alpha value is -2.38. The van der Waals surface area contributed by atoms with Crippen molar-refractivity contribution in [1.29, 1.82) is 0 Å². The van der Waals surface area contributed by atoms with Crippen LogP contribution in [-0.2, 0) is 0 Å². The summed E-state index contributed by atoms with van der Waals surface area (Å²) in [5.41, 5.74) is 6.49. The Morgan fingerprint density at radius 3 is 1.62 bits per heavy atom. The molecule has 0 spiro atoms. The van der Waals surface area contributed by atoms with E-state index in [1.54, 1.807) is 0 Å². The fraction of sp³-hybridized carbons (Fsp3) is 0. The van der Waals surface area contributed by atoms with Gasteiger partial charge in [0, 0.05) is 11.1 Å². The van der Waals surface area contributed by atoms with Crippen LogP contribution in [0.1, 0.15) is 5.56 Å². The van der Waals surface area contributed by atoms with Gasteiger partial charge in [-0.25, -0.2) is 4.99 Å². The Labute approximate surface area is 128 Å². The fourth-order valence-corrected chi connectivity index (χ4v) is 3.07. The van der Waals surface area contributed by atoms with Crippen molar-refractivity contribution in [2.24, 2.45) is 4.99 Å². The van der Waals surface area contributed by atoms with Crippen molar-refractivity contribution in [2.75, 3.05) is 0 Å². The molecule has 21 heavy (non-hydrogen) atoms. The van der Waals surface area contributed by atoms with Gasteiger partial charge in [-0.1, -0.05) is 78.3 Å². The molecule has 0 bridgehead atoms. The summed E-state index contributed by atoms with van der Waals surface area (Å²) in [7, 11) is 0. The Morgan fingerprint density at radius 1 is 0.524 bits per heavy atom. The lowest BCUT2D eigenvalue weighted by Gasteiger charge is -2.17. The smallest absolute Gasteiger partial charge is 0.137 e. The largest absolute Gasteiger partial charge is 0.235 e. The van der Waals surface area contributed by atoms with E-state index in [4.69, 9.17) is 11.6 Å². The zero-order chi connectivity index (χ0) is 14.2. The van der Waals surface area contributed by atoms with Crippen molar-refractivity contribution in [1.82, 2.24) is 0 Å². The number of hydrogen-bond donors (Lipinski definition) is 0. The van der Waals surface area contributed by atoms with Crippen molar-refractivity contribution >= 4 is 22.5 Å². The van der Waals surface area contributed by atoms with Gasteiger partial charge in [0.1, 0.15) is 5.17 Å². The van der Waals surface area contributed by atoms with Crippen LogP contribution in [0.15, 0.2) is 77.8 Å². The van der Waals surface area contributed by atoms with Crippen LogP contribution in [0.4, 0.5) is 5.69 Å². The maximum Gasteiger partial charge on any atom is 0.137 e. The van der Waals surface area contributed by atoms with Crippen molar-refractivity contribution in [3.63, 3.8) is 0 Å². The summed E-state index contributed by atoms with van der Waals surface area (Å²) in [6.45, 7) is 0. The van der Waals surface area contributed by atoms with Gasteiger partial charge in [-0.3, -0.25) is 0 Å². The molecule has 1 nitrogen and oxygen atoms in total. The highest BCUT2D eigenvalue weighted by Crippen LogP contribution is 2.41. The van der Waals surface area contributed by atoms with E-state index in [9.17, 15) is 0 Å². The van der Waals surface area contributed by atoms with E-state index in [-0.39, 0.29) is 0 Å². The first-order valence-corrected chi connectivity index (χ1v) is 7.25. The number of fused-ring (bicyclic) bond motifs is 5. The van der Waals surface area contributed by atoms with Gasteiger partial charge in [-0.15, -0.1) is 0 Å². The molecule has 3 aromatic carbocycles. The first-order chi connectivity index (χ1) is 10.3. The van der Waals surface area contributed by atoms with Gasteiger partial charge >= 0.3 is 0 Å². The molecule has 1 heterocycles. The maximum absolute atomic E-state index is 6.47. The molecular weight excluding hydrogens is 278 g/mol. The summed E-state index contributed by atoms with van der Waals surface area (Å²) < 4.78 is 0. The number of hydrogen-bond acceptors (Lipinski definition) is 1. The van der Waals surface area contributed by atoms with Crippen LogP contribution in [0.2, 0.25) is 0 Å². The Kier molecular flexibility index (Phi) is 2.87. The first kappa shape index (κ1) is 12.4. The van der Waals surface area contributed by atoms with E-state index in [2.05, 4.69) is 41.4 Å². The molecule has 0 atom stereocenters. The van der Waals surface area contributed by atoms with Crippen LogP contribution in [0.5, 0.6) is 0 Å². The fourth-order valence-electron chi connectivity index (χ4n) is 2.82. The molecule has 0 aliphatic carbocycles. The topological polar surface area (TPSA) is 12.4 Å². The molecule has 2 heteroatoms. The maximum atomic E-state index is 6.47. The third-order valence-corrected chi connectivity index (χ3v) is 4.07. The summed E-state index contributed by atoms with van der Waals surface area (Å²) in [6, 6.07) is 24.7. The molecule has 3 aromatic rings. The SMILES string of the molecule is Cl/C1=N/c2ccccc2-c2ccccc2-c2ccccc21. The van der Waals surface area contributed by atoms with Crippen LogP contribution in [0.3, 0.4) is 0 Å². The molecule has 0 unspecified atom stereocenters. The standard InChI is InChI=1S/C19H12ClN/c20-19-17-11-4-3-9-15(17)13-7-1-2-8-14(13)16-10-5-6-12-18(16)21-19/h1-12H/b15-13?,16-14?,19-17?,21-18?,21-19+. The monoisotopic (exact) mass is 289 g/mol. The quantitative estimate of drug-likeness (QED) is 0.507. The summed E-state index contributed by atoms with van der Waals surface area (Å²) in [6.07, 6.45) is 0. The van der Waals surface area contributed by atoms with Gasteiger partial charge in [-0.2, -0.15) is 0 Å². The number of aliphatic imine (C=N–C) groups is 1. The minimum Gasteiger partial charge on any atom is -0.235 e. The molecular formula is C19H12ClN. The minimum atomic E-state index is 0.535. The number of rotatable bonds is 0. The second-order valence-corrected chi connectivity index (χ2v) is 5.37. The molecule has 0 amide bonds. The molecule has 0 saturated carbocycles. The second-order valence-electron chi connectivity index (χ2n) is 5.01. The summed E-state index contributed by atoms with van der Waals surface area (Å²) in [5, 5.41) is 0.535. The molecule has 4 rings (SSSR count). The van der Waals surface area contributed by atoms with Gasteiger partial charge in [0.25, 0.3) is 0 Å². The van der Waals surface area contributed by atoms with Crippen LogP contribution < -0.4 is 0 Å². The van der Waals surface area contributed by atoms with E-state index in [0.717, 1.165) is 22.4 Å². The van der Waals surface area contributed by atoms with Crippen molar-refractivity contribution < 1.29 is 0 Å². The van der Waals surface area contributed by atoms with Crippen molar-refractivity contribution in [2.45, 2.75) is 0 Å². The van der Waals surface area contributed by atoms with Gasteiger partial charge in [0.15, 0.2) is 0 Å². The Bertz CT molecular complexity index is 865. The van der Waals surface area contributed by atoms with Crippen molar-refractivity contribution in [3.8, 4) is 22.3 Å². The zero-order valence-electron chi connectivity index (χ0n) is 11.3. The van der Waals surface area contributed by atoms with E-state index < -0.39 is 0 Å². The van der Waals surface area contributed by atoms with E-state index >= 15 is 0 Å². The Balaban J connectivity index is 2.16. The molecule has 1 aliphatic rings. The highest BCUT2D eigenvalue weighted by atomic mass is 35.5. The molecule has 0 saturated heterocycles. The third kappa shape index (κ3) is 1.98. The zero-order valence-corrected chi connectivity index (χ0v) is 12.0. The van der Waals surface area contributed by atoms with E-state index in [0.29, 0.717) is 5.17 Å². The average Bonchev–Trinajstić information content (AvgIpc) is 2.54. The number of nitrogens with zero attached hydrogens (tertiary/aromatic N) is 1. The highest BCUT2D eigenvalue weighted by Gasteiger charge is 2.17. The Morgan fingerprint density at radius 2 is 0.952 bits per heavy atom. The van der Waals surface area contributed by atoms with E-state index in [1.165, 1.54) is 11.1 Å². The van der Waals surface area contributed by atoms with Gasteiger partial charge < -0.3 is 0 Å². The van der Waals surface area contributed by atoms with Crippen LogP contribution in [0.25, 0.3) is 22.3 Å². The van der Waals surface area contributed by atoms with Crippen LogP contribution in [-0.4, -0.2) is 5.17 Å². The molecule has 0 aromatic heterocycles. The molecule has 100 valence electrons. The summed E-state index contributed by atoms with van der Waals surface area (Å²) >= 11 is 6.47. The number of para-hydroxylation sites is 1. The normalized spacial score (nSPS) is 14.8. The van der Waals surface area contributed by atoms with Crippen LogP contribution >= 0.6 is 11.6 Å². The predicted molar refractivity (Wildman–Crippen MR) is 89.4 cm³/mol.